The summed E-state index contributed by atoms with van der Waals surface area (Å²) in [6.45, 7) is 8.20. The van der Waals surface area contributed by atoms with Gasteiger partial charge in [0.05, 0.1) is 0 Å². The van der Waals surface area contributed by atoms with Gasteiger partial charge in [0.25, 0.3) is 11.7 Å². The average molecular weight is 363 g/mol. The Kier molecular flexibility index (Phi) is 7.90. The van der Waals surface area contributed by atoms with Crippen molar-refractivity contribution in [3.8, 4) is 0 Å². The molecule has 0 bridgehead atoms. The van der Waals surface area contributed by atoms with Gasteiger partial charge >= 0.3 is 0 Å². The quantitative estimate of drug-likeness (QED) is 0.845. The van der Waals surface area contributed by atoms with Gasteiger partial charge in [0.1, 0.15) is 0 Å². The number of halogens is 2. The number of carbonyl (C=O) groups is 1. The number of fused-ring (bicyclic) bond motifs is 1. The molecule has 2 aromatic heterocycles. The van der Waals surface area contributed by atoms with Gasteiger partial charge < -0.3 is 11.1 Å². The number of rotatable bonds is 5. The lowest BCUT2D eigenvalue weighted by atomic mass is 9.94. The predicted octanol–water partition coefficient (Wildman–Crippen LogP) is 1.83. The van der Waals surface area contributed by atoms with E-state index in [9.17, 15) is 4.79 Å². The molecular weight excluding hydrogens is 339 g/mol. The van der Waals surface area contributed by atoms with Crippen LogP contribution in [-0.4, -0.2) is 37.6 Å². The molecule has 130 valence electrons. The number of amides is 1. The minimum atomic E-state index is -0.389. The number of hydrogen-bond donors (Lipinski definition) is 2. The van der Waals surface area contributed by atoms with Gasteiger partial charge in [0, 0.05) is 23.5 Å². The molecule has 0 saturated heterocycles. The summed E-state index contributed by atoms with van der Waals surface area (Å²) in [4.78, 5) is 20.6. The molecule has 0 fully saturated rings. The van der Waals surface area contributed by atoms with Crippen molar-refractivity contribution in [2.24, 2.45) is 5.73 Å². The molecule has 2 aromatic rings. The minimum Gasteiger partial charge on any atom is -0.347 e. The molecule has 0 spiro atoms. The van der Waals surface area contributed by atoms with Crippen molar-refractivity contribution in [1.82, 2.24) is 24.9 Å². The zero-order valence-corrected chi connectivity index (χ0v) is 15.4. The van der Waals surface area contributed by atoms with E-state index in [2.05, 4.69) is 20.4 Å². The molecule has 0 saturated carbocycles. The summed E-state index contributed by atoms with van der Waals surface area (Å²) in [6, 6.07) is 1.89. The van der Waals surface area contributed by atoms with Gasteiger partial charge in [-0.1, -0.05) is 13.8 Å². The Bertz CT molecular complexity index is 669. The molecule has 0 atom stereocenters. The Morgan fingerprint density at radius 3 is 2.43 bits per heavy atom. The fraction of sp³-hybridized carbons (Fsp3) is 0.571. The molecule has 9 heteroatoms. The predicted molar refractivity (Wildman–Crippen MR) is 94.6 cm³/mol. The van der Waals surface area contributed by atoms with Crippen LogP contribution in [0.1, 0.15) is 48.7 Å². The smallest absolute Gasteiger partial charge is 0.291 e. The SMILES string of the molecule is CCC(N)(CC)CNC(=O)c1nc2nc(C)cc(C)n2n1.Cl.Cl. The first-order chi connectivity index (χ1) is 9.88. The molecule has 0 radical (unpaired) electrons. The van der Waals surface area contributed by atoms with Gasteiger partial charge in [-0.25, -0.2) is 9.50 Å². The topological polar surface area (TPSA) is 98.2 Å². The number of aromatic nitrogens is 4. The molecule has 23 heavy (non-hydrogen) atoms. The van der Waals surface area contributed by atoms with E-state index in [-0.39, 0.29) is 42.1 Å². The molecule has 0 aliphatic rings. The largest absolute Gasteiger partial charge is 0.347 e. The number of aryl methyl sites for hydroxylation is 2. The van der Waals surface area contributed by atoms with E-state index in [4.69, 9.17) is 5.73 Å². The van der Waals surface area contributed by atoms with E-state index >= 15 is 0 Å². The van der Waals surface area contributed by atoms with Crippen LogP contribution in [0.25, 0.3) is 5.78 Å². The highest BCUT2D eigenvalue weighted by molar-refractivity contribution is 5.90. The lowest BCUT2D eigenvalue weighted by Crippen LogP contribution is -2.49. The zero-order valence-electron chi connectivity index (χ0n) is 13.8. The Hall–Kier alpha value is -1.44. The van der Waals surface area contributed by atoms with Gasteiger partial charge in [0.15, 0.2) is 0 Å². The third kappa shape index (κ3) is 4.76. The van der Waals surface area contributed by atoms with Crippen LogP contribution in [0.2, 0.25) is 0 Å². The van der Waals surface area contributed by atoms with Crippen molar-refractivity contribution in [1.29, 1.82) is 0 Å². The summed E-state index contributed by atoms with van der Waals surface area (Å²) in [6.07, 6.45) is 1.59. The fourth-order valence-electron chi connectivity index (χ4n) is 2.10. The highest BCUT2D eigenvalue weighted by atomic mass is 35.5. The molecule has 2 rings (SSSR count). The summed E-state index contributed by atoms with van der Waals surface area (Å²) in [5.41, 5.74) is 7.51. The second kappa shape index (κ2) is 8.42. The molecule has 3 N–H and O–H groups in total. The van der Waals surface area contributed by atoms with Crippen LogP contribution in [-0.2, 0) is 0 Å². The van der Waals surface area contributed by atoms with Crippen LogP contribution >= 0.6 is 24.8 Å². The highest BCUT2D eigenvalue weighted by Crippen LogP contribution is 2.10. The third-order valence-corrected chi connectivity index (χ3v) is 3.83. The van der Waals surface area contributed by atoms with E-state index in [1.165, 1.54) is 0 Å². The molecule has 0 aliphatic heterocycles. The van der Waals surface area contributed by atoms with Crippen molar-refractivity contribution < 1.29 is 4.79 Å². The van der Waals surface area contributed by atoms with Crippen LogP contribution in [0.15, 0.2) is 6.07 Å². The third-order valence-electron chi connectivity index (χ3n) is 3.83. The van der Waals surface area contributed by atoms with E-state index < -0.39 is 0 Å². The Morgan fingerprint density at radius 1 is 1.26 bits per heavy atom. The number of carbonyl (C=O) groups excluding carboxylic acids is 1. The average Bonchev–Trinajstić information content (AvgIpc) is 2.88. The van der Waals surface area contributed by atoms with Gasteiger partial charge in [-0.15, -0.1) is 29.9 Å². The summed E-state index contributed by atoms with van der Waals surface area (Å²) >= 11 is 0. The number of nitrogens with zero attached hydrogens (tertiary/aromatic N) is 4. The van der Waals surface area contributed by atoms with Crippen LogP contribution in [0, 0.1) is 13.8 Å². The summed E-state index contributed by atoms with van der Waals surface area (Å²) in [7, 11) is 0. The molecule has 0 unspecified atom stereocenters. The standard InChI is InChI=1S/C14H22N6O.2ClH/c1-5-14(15,6-2)8-16-12(21)11-18-13-17-9(3)7-10(4)20(13)19-11;;/h7H,5-6,8,15H2,1-4H3,(H,16,21);2*1H. The molecule has 7 nitrogen and oxygen atoms in total. The molecule has 0 aromatic carbocycles. The van der Waals surface area contributed by atoms with E-state index in [0.29, 0.717) is 12.3 Å². The maximum Gasteiger partial charge on any atom is 0.291 e. The van der Waals surface area contributed by atoms with Gasteiger partial charge in [-0.2, -0.15) is 4.98 Å². The highest BCUT2D eigenvalue weighted by Gasteiger charge is 2.22. The first-order valence-corrected chi connectivity index (χ1v) is 7.16. The van der Waals surface area contributed by atoms with Crippen molar-refractivity contribution in [2.75, 3.05) is 6.54 Å². The maximum atomic E-state index is 12.2. The van der Waals surface area contributed by atoms with E-state index in [0.717, 1.165) is 24.2 Å². The zero-order chi connectivity index (χ0) is 15.6. The lowest BCUT2D eigenvalue weighted by Gasteiger charge is -2.26. The number of nitrogens with one attached hydrogen (secondary N) is 1. The van der Waals surface area contributed by atoms with E-state index in [1.54, 1.807) is 4.52 Å². The second-order valence-corrected chi connectivity index (χ2v) is 5.44. The summed E-state index contributed by atoms with van der Waals surface area (Å²) < 4.78 is 1.57. The minimum absolute atomic E-state index is 0. The first kappa shape index (κ1) is 21.6. The summed E-state index contributed by atoms with van der Waals surface area (Å²) in [5, 5.41) is 7.00. The number of nitrogens with two attached hydrogens (primary N) is 1. The van der Waals surface area contributed by atoms with Crippen LogP contribution in [0.3, 0.4) is 0 Å². The van der Waals surface area contributed by atoms with Gasteiger partial charge in [0.2, 0.25) is 5.82 Å². The van der Waals surface area contributed by atoms with Crippen LogP contribution in [0.5, 0.6) is 0 Å². The maximum absolute atomic E-state index is 12.2. The van der Waals surface area contributed by atoms with Crippen molar-refractivity contribution in [3.05, 3.63) is 23.3 Å². The second-order valence-electron chi connectivity index (χ2n) is 5.44. The van der Waals surface area contributed by atoms with Gasteiger partial charge in [-0.3, -0.25) is 4.79 Å². The summed E-state index contributed by atoms with van der Waals surface area (Å²) in [5.74, 6) is 0.225. The molecule has 1 amide bonds. The fourth-order valence-corrected chi connectivity index (χ4v) is 2.10. The Labute approximate surface area is 148 Å². The van der Waals surface area contributed by atoms with Crippen molar-refractivity contribution in [2.45, 2.75) is 46.1 Å². The Balaban J connectivity index is 0.00000242. The van der Waals surface area contributed by atoms with Crippen molar-refractivity contribution >= 4 is 36.5 Å². The van der Waals surface area contributed by atoms with Crippen LogP contribution in [0.4, 0.5) is 0 Å². The molecular formula is C14H24Cl2N6O. The number of hydrogen-bond acceptors (Lipinski definition) is 5. The van der Waals surface area contributed by atoms with Crippen molar-refractivity contribution in [3.63, 3.8) is 0 Å². The van der Waals surface area contributed by atoms with E-state index in [1.807, 2.05) is 33.8 Å². The lowest BCUT2D eigenvalue weighted by molar-refractivity contribution is 0.0932. The molecule has 0 aliphatic carbocycles. The first-order valence-electron chi connectivity index (χ1n) is 7.16. The monoisotopic (exact) mass is 362 g/mol. The van der Waals surface area contributed by atoms with Crippen LogP contribution < -0.4 is 11.1 Å². The Morgan fingerprint density at radius 2 is 1.87 bits per heavy atom. The normalized spacial score (nSPS) is 10.8. The van der Waals surface area contributed by atoms with Gasteiger partial charge in [-0.05, 0) is 32.8 Å². The molecule has 2 heterocycles.